The second-order valence-corrected chi connectivity index (χ2v) is 5.60. The fraction of sp³-hybridized carbons (Fsp3) is 0.471. The molecule has 20 heavy (non-hydrogen) atoms. The highest BCUT2D eigenvalue weighted by atomic mass is 16.5. The highest BCUT2D eigenvalue weighted by Crippen LogP contribution is 2.39. The Hall–Kier alpha value is -1.77. The van der Waals surface area contributed by atoms with Crippen molar-refractivity contribution in [1.82, 2.24) is 4.90 Å². The fourth-order valence-corrected chi connectivity index (χ4v) is 3.31. The molecule has 3 heteroatoms. The average molecular weight is 271 g/mol. The number of rotatable bonds is 1. The van der Waals surface area contributed by atoms with Crippen LogP contribution in [-0.4, -0.2) is 23.5 Å². The quantitative estimate of drug-likeness (QED) is 0.732. The molecule has 0 radical (unpaired) electrons. The molecule has 0 saturated carbocycles. The smallest absolute Gasteiger partial charge is 0.250 e. The van der Waals surface area contributed by atoms with E-state index < -0.39 is 0 Å². The van der Waals surface area contributed by atoms with E-state index in [0.29, 0.717) is 12.6 Å². The number of hydrogen-bond donors (Lipinski definition) is 0. The molecule has 106 valence electrons. The molecule has 1 fully saturated rings. The van der Waals surface area contributed by atoms with E-state index in [1.165, 1.54) is 0 Å². The van der Waals surface area contributed by atoms with Gasteiger partial charge >= 0.3 is 0 Å². The number of carbonyl (C=O) groups is 1. The second-order valence-electron chi connectivity index (χ2n) is 5.60. The minimum absolute atomic E-state index is 0.151. The van der Waals surface area contributed by atoms with Crippen LogP contribution in [0.4, 0.5) is 0 Å². The van der Waals surface area contributed by atoms with E-state index in [2.05, 4.69) is 17.9 Å². The number of ether oxygens (including phenoxy) is 1. The Morgan fingerprint density at radius 3 is 2.90 bits per heavy atom. The van der Waals surface area contributed by atoms with Crippen LogP contribution in [0.3, 0.4) is 0 Å². The zero-order valence-corrected chi connectivity index (χ0v) is 12.1. The first-order valence-corrected chi connectivity index (χ1v) is 7.42. The molecule has 1 unspecified atom stereocenters. The van der Waals surface area contributed by atoms with Crippen LogP contribution in [0.5, 0.6) is 5.75 Å². The van der Waals surface area contributed by atoms with E-state index in [0.717, 1.165) is 36.1 Å². The van der Waals surface area contributed by atoms with Crippen molar-refractivity contribution in [3.05, 3.63) is 41.5 Å². The van der Waals surface area contributed by atoms with Gasteiger partial charge in [0.05, 0.1) is 12.6 Å². The van der Waals surface area contributed by atoms with Crippen molar-refractivity contribution in [3.8, 4) is 5.75 Å². The van der Waals surface area contributed by atoms with Gasteiger partial charge in [0, 0.05) is 23.6 Å². The molecule has 2 aliphatic heterocycles. The number of carbonyl (C=O) groups excluding carboxylic acids is 1. The minimum atomic E-state index is 0.151. The standard InChI is InChI=1S/C17H21NO2/c1-3-13-9-8-12(2)18(17(13)19)15-10-11-20-16-7-5-4-6-14(15)16/h3-7,12,15H,8-11H2,1-2H3/t12-,15?/m1/s1. The van der Waals surface area contributed by atoms with Crippen LogP contribution >= 0.6 is 0 Å². The number of fused-ring (bicyclic) bond motifs is 1. The largest absolute Gasteiger partial charge is 0.493 e. The molecular weight excluding hydrogens is 250 g/mol. The molecule has 1 aromatic carbocycles. The Kier molecular flexibility index (Phi) is 3.51. The Balaban J connectivity index is 1.98. The third-order valence-electron chi connectivity index (χ3n) is 4.43. The van der Waals surface area contributed by atoms with E-state index in [4.69, 9.17) is 4.74 Å². The highest BCUT2D eigenvalue weighted by molar-refractivity contribution is 5.94. The molecule has 0 N–H and O–H groups in total. The molecule has 1 saturated heterocycles. The van der Waals surface area contributed by atoms with Crippen molar-refractivity contribution in [3.63, 3.8) is 0 Å². The molecule has 0 aromatic heterocycles. The Morgan fingerprint density at radius 1 is 1.30 bits per heavy atom. The van der Waals surface area contributed by atoms with Crippen LogP contribution in [0.2, 0.25) is 0 Å². The van der Waals surface area contributed by atoms with E-state index >= 15 is 0 Å². The van der Waals surface area contributed by atoms with Gasteiger partial charge < -0.3 is 9.64 Å². The first kappa shape index (κ1) is 13.2. The third-order valence-corrected chi connectivity index (χ3v) is 4.43. The summed E-state index contributed by atoms with van der Waals surface area (Å²) in [6, 6.07) is 8.54. The van der Waals surface area contributed by atoms with Crippen LogP contribution in [-0.2, 0) is 4.79 Å². The summed E-state index contributed by atoms with van der Waals surface area (Å²) in [5.41, 5.74) is 2.10. The van der Waals surface area contributed by atoms with Gasteiger partial charge in [0.15, 0.2) is 0 Å². The number of hydrogen-bond acceptors (Lipinski definition) is 2. The van der Waals surface area contributed by atoms with Gasteiger partial charge in [-0.05, 0) is 32.8 Å². The Bertz CT molecular complexity index is 550. The maximum atomic E-state index is 12.7. The zero-order valence-electron chi connectivity index (χ0n) is 12.1. The molecule has 2 heterocycles. The summed E-state index contributed by atoms with van der Waals surface area (Å²) >= 11 is 0. The van der Waals surface area contributed by atoms with Gasteiger partial charge in [0.25, 0.3) is 0 Å². The summed E-state index contributed by atoms with van der Waals surface area (Å²) < 4.78 is 5.72. The number of nitrogens with zero attached hydrogens (tertiary/aromatic N) is 1. The Labute approximate surface area is 120 Å². The van der Waals surface area contributed by atoms with Gasteiger partial charge in [-0.1, -0.05) is 24.3 Å². The van der Waals surface area contributed by atoms with Gasteiger partial charge in [-0.2, -0.15) is 0 Å². The monoisotopic (exact) mass is 271 g/mol. The molecule has 2 aliphatic rings. The fourth-order valence-electron chi connectivity index (χ4n) is 3.31. The summed E-state index contributed by atoms with van der Waals surface area (Å²) in [6.07, 6.45) is 4.79. The van der Waals surface area contributed by atoms with Crippen LogP contribution < -0.4 is 4.74 Å². The van der Waals surface area contributed by atoms with Crippen LogP contribution in [0.25, 0.3) is 0 Å². The number of allylic oxidation sites excluding steroid dienone is 1. The second kappa shape index (κ2) is 5.31. The minimum Gasteiger partial charge on any atom is -0.493 e. The van der Waals surface area contributed by atoms with E-state index in [-0.39, 0.29) is 11.9 Å². The maximum absolute atomic E-state index is 12.7. The van der Waals surface area contributed by atoms with Crippen molar-refractivity contribution in [2.75, 3.05) is 6.61 Å². The van der Waals surface area contributed by atoms with Gasteiger partial charge in [-0.3, -0.25) is 4.79 Å². The number of piperidine rings is 1. The molecule has 3 rings (SSSR count). The van der Waals surface area contributed by atoms with Crippen LogP contribution in [0.1, 0.15) is 44.7 Å². The van der Waals surface area contributed by atoms with Crippen molar-refractivity contribution >= 4 is 5.91 Å². The Morgan fingerprint density at radius 2 is 2.10 bits per heavy atom. The van der Waals surface area contributed by atoms with Crippen molar-refractivity contribution in [2.24, 2.45) is 0 Å². The zero-order chi connectivity index (χ0) is 14.1. The maximum Gasteiger partial charge on any atom is 0.250 e. The molecule has 2 atom stereocenters. The number of amides is 1. The van der Waals surface area contributed by atoms with Crippen LogP contribution in [0.15, 0.2) is 35.9 Å². The van der Waals surface area contributed by atoms with Crippen molar-refractivity contribution in [1.29, 1.82) is 0 Å². The SMILES string of the molecule is CC=C1CC[C@@H](C)N(C2CCOc3ccccc32)C1=O. The molecule has 0 bridgehead atoms. The molecular formula is C17H21NO2. The first-order valence-electron chi connectivity index (χ1n) is 7.42. The average Bonchev–Trinajstić information content (AvgIpc) is 2.48. The predicted octanol–water partition coefficient (Wildman–Crippen LogP) is 3.47. The number of para-hydroxylation sites is 1. The van der Waals surface area contributed by atoms with Gasteiger partial charge in [0.2, 0.25) is 5.91 Å². The summed E-state index contributed by atoms with van der Waals surface area (Å²) in [6.45, 7) is 4.80. The third kappa shape index (κ3) is 2.11. The summed E-state index contributed by atoms with van der Waals surface area (Å²) in [5, 5.41) is 0. The topological polar surface area (TPSA) is 29.5 Å². The summed E-state index contributed by atoms with van der Waals surface area (Å²) in [4.78, 5) is 14.8. The predicted molar refractivity (Wildman–Crippen MR) is 78.6 cm³/mol. The molecule has 0 aliphatic carbocycles. The molecule has 0 spiro atoms. The molecule has 1 amide bonds. The normalized spacial score (nSPS) is 28.2. The molecule has 1 aromatic rings. The van der Waals surface area contributed by atoms with E-state index in [9.17, 15) is 4.79 Å². The van der Waals surface area contributed by atoms with E-state index in [1.807, 2.05) is 31.2 Å². The lowest BCUT2D eigenvalue weighted by molar-refractivity contribution is -0.134. The van der Waals surface area contributed by atoms with Gasteiger partial charge in [-0.25, -0.2) is 0 Å². The van der Waals surface area contributed by atoms with Crippen molar-refractivity contribution < 1.29 is 9.53 Å². The van der Waals surface area contributed by atoms with Gasteiger partial charge in [-0.15, -0.1) is 0 Å². The lowest BCUT2D eigenvalue weighted by Crippen LogP contribution is -2.46. The van der Waals surface area contributed by atoms with Crippen LogP contribution in [0, 0.1) is 0 Å². The highest BCUT2D eigenvalue weighted by Gasteiger charge is 2.36. The van der Waals surface area contributed by atoms with E-state index in [1.54, 1.807) is 0 Å². The van der Waals surface area contributed by atoms with Crippen molar-refractivity contribution in [2.45, 2.75) is 45.2 Å². The number of likely N-dealkylation sites (tertiary alicyclic amines) is 1. The summed E-state index contributed by atoms with van der Waals surface area (Å²) in [7, 11) is 0. The van der Waals surface area contributed by atoms with Gasteiger partial charge in [0.1, 0.15) is 5.75 Å². The number of benzene rings is 1. The first-order chi connectivity index (χ1) is 9.72. The lowest BCUT2D eigenvalue weighted by atomic mass is 9.91. The molecule has 3 nitrogen and oxygen atoms in total. The summed E-state index contributed by atoms with van der Waals surface area (Å²) in [5.74, 6) is 1.13. The lowest BCUT2D eigenvalue weighted by Gasteiger charge is -2.42.